The molecule has 1 heterocycles. The zero-order valence-electron chi connectivity index (χ0n) is 10.3. The van der Waals surface area contributed by atoms with Crippen LogP contribution in [0.15, 0.2) is 30.3 Å². The Morgan fingerprint density at radius 1 is 1.29 bits per heavy atom. The maximum atomic E-state index is 13.4. The first-order valence-electron chi connectivity index (χ1n) is 6.17. The van der Waals surface area contributed by atoms with E-state index in [1.165, 1.54) is 0 Å². The van der Waals surface area contributed by atoms with E-state index in [-0.39, 0.29) is 18.1 Å². The van der Waals surface area contributed by atoms with Gasteiger partial charge in [0.2, 0.25) is 6.36 Å². The summed E-state index contributed by atoms with van der Waals surface area (Å²) >= 11 is 0. The van der Waals surface area contributed by atoms with Crippen LogP contribution in [-0.2, 0) is 16.1 Å². The quantitative estimate of drug-likeness (QED) is 0.801. The predicted octanol–water partition coefficient (Wildman–Crippen LogP) is 3.31. The van der Waals surface area contributed by atoms with Crippen LogP contribution in [0.3, 0.4) is 0 Å². The van der Waals surface area contributed by atoms with Gasteiger partial charge < -0.3 is 9.47 Å². The Balaban J connectivity index is 1.93. The van der Waals surface area contributed by atoms with Crippen molar-refractivity contribution in [2.75, 3.05) is 0 Å². The SMILES string of the molecule is CC[C@H]1O[C@@H](F)[C@H](C)C1OCc1ccccc1. The highest BCUT2D eigenvalue weighted by atomic mass is 19.1. The second kappa shape index (κ2) is 5.61. The molecule has 0 aromatic heterocycles. The lowest BCUT2D eigenvalue weighted by Crippen LogP contribution is -2.28. The van der Waals surface area contributed by atoms with Gasteiger partial charge in [0.05, 0.1) is 18.8 Å². The van der Waals surface area contributed by atoms with Crippen LogP contribution < -0.4 is 0 Å². The average molecular weight is 238 g/mol. The summed E-state index contributed by atoms with van der Waals surface area (Å²) in [6.07, 6.45) is -0.677. The highest BCUT2D eigenvalue weighted by molar-refractivity contribution is 5.13. The molecule has 1 saturated heterocycles. The molecule has 0 amide bonds. The van der Waals surface area contributed by atoms with Crippen LogP contribution in [0.2, 0.25) is 0 Å². The van der Waals surface area contributed by atoms with Crippen molar-refractivity contribution in [3.63, 3.8) is 0 Å². The maximum Gasteiger partial charge on any atom is 0.204 e. The first-order chi connectivity index (χ1) is 8.22. The van der Waals surface area contributed by atoms with Gasteiger partial charge >= 0.3 is 0 Å². The van der Waals surface area contributed by atoms with Crippen LogP contribution in [0.1, 0.15) is 25.8 Å². The summed E-state index contributed by atoms with van der Waals surface area (Å²) in [7, 11) is 0. The van der Waals surface area contributed by atoms with Crippen molar-refractivity contribution in [2.45, 2.75) is 45.4 Å². The fraction of sp³-hybridized carbons (Fsp3) is 0.571. The molecule has 0 radical (unpaired) electrons. The van der Waals surface area contributed by atoms with Gasteiger partial charge in [-0.3, -0.25) is 0 Å². The topological polar surface area (TPSA) is 18.5 Å². The third-order valence-electron chi connectivity index (χ3n) is 3.29. The molecular weight excluding hydrogens is 219 g/mol. The summed E-state index contributed by atoms with van der Waals surface area (Å²) in [5.74, 6) is -0.191. The molecule has 0 bridgehead atoms. The molecule has 94 valence electrons. The lowest BCUT2D eigenvalue weighted by Gasteiger charge is -2.20. The Morgan fingerprint density at radius 2 is 2.00 bits per heavy atom. The molecule has 3 heteroatoms. The van der Waals surface area contributed by atoms with Gasteiger partial charge in [0, 0.05) is 5.92 Å². The van der Waals surface area contributed by atoms with Gasteiger partial charge in [0.25, 0.3) is 0 Å². The van der Waals surface area contributed by atoms with Gasteiger partial charge in [-0.15, -0.1) is 0 Å². The molecule has 1 fully saturated rings. The fourth-order valence-corrected chi connectivity index (χ4v) is 2.21. The predicted molar refractivity (Wildman–Crippen MR) is 64.2 cm³/mol. The molecule has 2 rings (SSSR count). The van der Waals surface area contributed by atoms with E-state index in [2.05, 4.69) is 0 Å². The number of hydrogen-bond donors (Lipinski definition) is 0. The number of rotatable bonds is 4. The minimum atomic E-state index is -1.19. The number of ether oxygens (including phenoxy) is 2. The van der Waals surface area contributed by atoms with Crippen LogP contribution in [0.4, 0.5) is 4.39 Å². The number of hydrogen-bond acceptors (Lipinski definition) is 2. The van der Waals surface area contributed by atoms with Gasteiger partial charge in [0.1, 0.15) is 0 Å². The highest BCUT2D eigenvalue weighted by Gasteiger charge is 2.41. The van der Waals surface area contributed by atoms with E-state index in [0.29, 0.717) is 6.61 Å². The second-order valence-electron chi connectivity index (χ2n) is 4.55. The summed E-state index contributed by atoms with van der Waals surface area (Å²) in [6.45, 7) is 4.35. The second-order valence-corrected chi connectivity index (χ2v) is 4.55. The smallest absolute Gasteiger partial charge is 0.204 e. The molecule has 0 aliphatic carbocycles. The Kier molecular flexibility index (Phi) is 4.13. The van der Waals surface area contributed by atoms with Gasteiger partial charge in [-0.1, -0.05) is 44.2 Å². The van der Waals surface area contributed by atoms with Gasteiger partial charge in [0.15, 0.2) is 0 Å². The van der Waals surface area contributed by atoms with Gasteiger partial charge in [-0.05, 0) is 12.0 Å². The molecule has 1 aliphatic heterocycles. The minimum Gasteiger partial charge on any atom is -0.370 e. The highest BCUT2D eigenvalue weighted by Crippen LogP contribution is 2.32. The van der Waals surface area contributed by atoms with Crippen LogP contribution in [0.5, 0.6) is 0 Å². The van der Waals surface area contributed by atoms with E-state index in [1.807, 2.05) is 44.2 Å². The average Bonchev–Trinajstić information content (AvgIpc) is 2.64. The van der Waals surface area contributed by atoms with Crippen molar-refractivity contribution in [1.82, 2.24) is 0 Å². The summed E-state index contributed by atoms with van der Waals surface area (Å²) in [5, 5.41) is 0. The summed E-state index contributed by atoms with van der Waals surface area (Å²) < 4.78 is 24.5. The van der Waals surface area contributed by atoms with Crippen molar-refractivity contribution in [2.24, 2.45) is 5.92 Å². The largest absolute Gasteiger partial charge is 0.370 e. The zero-order chi connectivity index (χ0) is 12.3. The van der Waals surface area contributed by atoms with E-state index in [0.717, 1.165) is 12.0 Å². The number of alkyl halides is 1. The van der Waals surface area contributed by atoms with E-state index >= 15 is 0 Å². The number of halogens is 1. The molecular formula is C14H19FO2. The minimum absolute atomic E-state index is 0.122. The summed E-state index contributed by atoms with van der Waals surface area (Å²) in [5.41, 5.74) is 1.11. The van der Waals surface area contributed by atoms with Crippen LogP contribution >= 0.6 is 0 Å². The van der Waals surface area contributed by atoms with Crippen molar-refractivity contribution in [1.29, 1.82) is 0 Å². The lowest BCUT2D eigenvalue weighted by atomic mass is 10.0. The third kappa shape index (κ3) is 2.85. The molecule has 0 saturated carbocycles. The maximum absolute atomic E-state index is 13.4. The van der Waals surface area contributed by atoms with Crippen molar-refractivity contribution >= 4 is 0 Å². The lowest BCUT2D eigenvalue weighted by molar-refractivity contribution is -0.0613. The molecule has 0 N–H and O–H groups in total. The third-order valence-corrected chi connectivity index (χ3v) is 3.29. The molecule has 1 aromatic carbocycles. The van der Waals surface area contributed by atoms with Crippen molar-refractivity contribution in [3.05, 3.63) is 35.9 Å². The van der Waals surface area contributed by atoms with E-state index in [4.69, 9.17) is 9.47 Å². The first kappa shape index (κ1) is 12.5. The first-order valence-corrected chi connectivity index (χ1v) is 6.17. The van der Waals surface area contributed by atoms with Crippen LogP contribution in [0, 0.1) is 5.92 Å². The standard InChI is InChI=1S/C14H19FO2/c1-3-12-13(10(2)14(15)17-12)16-9-11-7-5-4-6-8-11/h4-8,10,12-14H,3,9H2,1-2H3/t10-,12-,13?,14-/m1/s1. The molecule has 17 heavy (non-hydrogen) atoms. The summed E-state index contributed by atoms with van der Waals surface area (Å²) in [4.78, 5) is 0. The number of benzene rings is 1. The molecule has 4 atom stereocenters. The van der Waals surface area contributed by atoms with Gasteiger partial charge in [-0.25, -0.2) is 4.39 Å². The Morgan fingerprint density at radius 3 is 2.65 bits per heavy atom. The van der Waals surface area contributed by atoms with Crippen LogP contribution in [-0.4, -0.2) is 18.6 Å². The molecule has 2 nitrogen and oxygen atoms in total. The Bertz CT molecular complexity index is 341. The summed E-state index contributed by atoms with van der Waals surface area (Å²) in [6, 6.07) is 9.94. The molecule has 1 aliphatic rings. The Labute approximate surface area is 102 Å². The van der Waals surface area contributed by atoms with Crippen molar-refractivity contribution in [3.8, 4) is 0 Å². The monoisotopic (exact) mass is 238 g/mol. The Hall–Kier alpha value is -0.930. The molecule has 1 aromatic rings. The molecule has 0 spiro atoms. The van der Waals surface area contributed by atoms with E-state index < -0.39 is 6.36 Å². The fourth-order valence-electron chi connectivity index (χ4n) is 2.21. The van der Waals surface area contributed by atoms with E-state index in [1.54, 1.807) is 0 Å². The van der Waals surface area contributed by atoms with Gasteiger partial charge in [-0.2, -0.15) is 0 Å². The molecule has 1 unspecified atom stereocenters. The normalized spacial score (nSPS) is 32.9. The zero-order valence-corrected chi connectivity index (χ0v) is 10.3. The van der Waals surface area contributed by atoms with Crippen LogP contribution in [0.25, 0.3) is 0 Å². The van der Waals surface area contributed by atoms with E-state index in [9.17, 15) is 4.39 Å². The van der Waals surface area contributed by atoms with Crippen molar-refractivity contribution < 1.29 is 13.9 Å².